The Balaban J connectivity index is 2.03. The Morgan fingerprint density at radius 2 is 2.17 bits per heavy atom. The van der Waals surface area contributed by atoms with E-state index in [9.17, 15) is 14.0 Å². The van der Waals surface area contributed by atoms with Crippen LogP contribution in [0.4, 0.5) is 4.39 Å². The summed E-state index contributed by atoms with van der Waals surface area (Å²) in [6.45, 7) is 1.17. The lowest BCUT2D eigenvalue weighted by molar-refractivity contribution is -0.159. The van der Waals surface area contributed by atoms with E-state index in [1.165, 1.54) is 24.8 Å². The molecule has 1 aromatic carbocycles. The maximum atomic E-state index is 13.6. The Morgan fingerprint density at radius 1 is 1.44 bits per heavy atom. The van der Waals surface area contributed by atoms with Gasteiger partial charge >= 0.3 is 11.9 Å². The quantitative estimate of drug-likeness (QED) is 0.653. The number of nitrogens with one attached hydrogen (secondary N) is 1. The molecule has 1 N–H and O–H groups in total. The molecule has 1 fully saturated rings. The van der Waals surface area contributed by atoms with E-state index in [2.05, 4.69) is 10.1 Å². The monoisotopic (exact) mass is 269 g/mol. The van der Waals surface area contributed by atoms with Crippen molar-refractivity contribution >= 4 is 23.7 Å². The fraction of sp³-hybridized carbons (Fsp3) is 0.333. The van der Waals surface area contributed by atoms with Crippen LogP contribution in [-0.2, 0) is 14.3 Å². The molecule has 0 spiro atoms. The van der Waals surface area contributed by atoms with Gasteiger partial charge in [-0.25, -0.2) is 9.18 Å². The van der Waals surface area contributed by atoms with Gasteiger partial charge in [0.1, 0.15) is 11.9 Å². The lowest BCUT2D eigenvalue weighted by Crippen LogP contribution is -2.36. The number of carbonyl (C=O) groups excluding carboxylic acids is 2. The lowest BCUT2D eigenvalue weighted by Gasteiger charge is -2.12. The number of benzene rings is 1. The van der Waals surface area contributed by atoms with E-state index < -0.39 is 18.0 Å². The molecule has 1 aliphatic rings. The van der Waals surface area contributed by atoms with Gasteiger partial charge in [-0.1, -0.05) is 18.2 Å². The molecular formula is C12H12FNO3S. The van der Waals surface area contributed by atoms with Gasteiger partial charge in [-0.3, -0.25) is 10.1 Å². The number of thioether (sulfide) groups is 1. The number of esters is 2. The van der Waals surface area contributed by atoms with Crippen molar-refractivity contribution in [2.75, 3.05) is 5.75 Å². The summed E-state index contributed by atoms with van der Waals surface area (Å²) in [5.74, 6) is -1.12. The number of hydrogen-bond acceptors (Lipinski definition) is 5. The number of ether oxygens (including phenoxy) is 1. The van der Waals surface area contributed by atoms with Gasteiger partial charge in [0.25, 0.3) is 0 Å². The van der Waals surface area contributed by atoms with Crippen LogP contribution in [0.15, 0.2) is 24.3 Å². The standard InChI is InChI=1S/C12H12FNO3S/c1-7(15)17-12(16)10-6-18-11(14-10)8-4-2-3-5-9(8)13/h2-5,10-11,14H,6H2,1H3. The van der Waals surface area contributed by atoms with Gasteiger partial charge in [0, 0.05) is 18.2 Å². The Kier molecular flexibility index (Phi) is 3.98. The fourth-order valence-corrected chi connectivity index (χ4v) is 2.94. The summed E-state index contributed by atoms with van der Waals surface area (Å²) in [5, 5.41) is 2.65. The van der Waals surface area contributed by atoms with Gasteiger partial charge in [0.2, 0.25) is 0 Å². The highest BCUT2D eigenvalue weighted by atomic mass is 32.2. The van der Waals surface area contributed by atoms with Gasteiger partial charge < -0.3 is 4.74 Å². The van der Waals surface area contributed by atoms with Crippen LogP contribution in [0.5, 0.6) is 0 Å². The summed E-state index contributed by atoms with van der Waals surface area (Å²) in [6.07, 6.45) is 0. The molecular weight excluding hydrogens is 257 g/mol. The van der Waals surface area contributed by atoms with Crippen molar-refractivity contribution in [3.8, 4) is 0 Å². The maximum absolute atomic E-state index is 13.6. The Hall–Kier alpha value is -1.40. The smallest absolute Gasteiger partial charge is 0.331 e. The topological polar surface area (TPSA) is 55.4 Å². The number of rotatable bonds is 2. The molecule has 0 aliphatic carbocycles. The molecule has 1 heterocycles. The Bertz CT molecular complexity index is 480. The van der Waals surface area contributed by atoms with E-state index >= 15 is 0 Å². The third-order valence-electron chi connectivity index (χ3n) is 2.50. The second kappa shape index (κ2) is 5.49. The molecule has 18 heavy (non-hydrogen) atoms. The van der Waals surface area contributed by atoms with E-state index in [-0.39, 0.29) is 11.2 Å². The van der Waals surface area contributed by atoms with Crippen LogP contribution in [0.1, 0.15) is 17.9 Å². The van der Waals surface area contributed by atoms with Crippen LogP contribution in [0, 0.1) is 5.82 Å². The molecule has 1 saturated heterocycles. The average Bonchev–Trinajstić information content (AvgIpc) is 2.78. The summed E-state index contributed by atoms with van der Waals surface area (Å²) >= 11 is 1.41. The van der Waals surface area contributed by atoms with Crippen molar-refractivity contribution in [1.82, 2.24) is 5.32 Å². The summed E-state index contributed by atoms with van der Waals surface area (Å²) in [7, 11) is 0. The summed E-state index contributed by atoms with van der Waals surface area (Å²) in [4.78, 5) is 22.2. The molecule has 4 nitrogen and oxygen atoms in total. The van der Waals surface area contributed by atoms with Crippen LogP contribution in [0.25, 0.3) is 0 Å². The first-order valence-electron chi connectivity index (χ1n) is 5.42. The van der Waals surface area contributed by atoms with Gasteiger partial charge in [0.15, 0.2) is 0 Å². The second-order valence-electron chi connectivity index (χ2n) is 3.87. The molecule has 0 aromatic heterocycles. The number of halogens is 1. The van der Waals surface area contributed by atoms with Crippen LogP contribution >= 0.6 is 11.8 Å². The van der Waals surface area contributed by atoms with Gasteiger partial charge in [-0.05, 0) is 6.07 Å². The summed E-state index contributed by atoms with van der Waals surface area (Å²) < 4.78 is 18.1. The second-order valence-corrected chi connectivity index (χ2v) is 5.00. The van der Waals surface area contributed by atoms with Crippen molar-refractivity contribution in [3.05, 3.63) is 35.6 Å². The van der Waals surface area contributed by atoms with E-state index in [1.807, 2.05) is 0 Å². The van der Waals surface area contributed by atoms with Crippen LogP contribution < -0.4 is 5.32 Å². The first-order chi connectivity index (χ1) is 8.58. The Labute approximate surface area is 108 Å². The molecule has 1 aromatic rings. The Morgan fingerprint density at radius 3 is 2.83 bits per heavy atom. The molecule has 0 bridgehead atoms. The van der Waals surface area contributed by atoms with Crippen molar-refractivity contribution in [3.63, 3.8) is 0 Å². The zero-order valence-corrected chi connectivity index (χ0v) is 10.5. The van der Waals surface area contributed by atoms with Gasteiger partial charge in [-0.2, -0.15) is 0 Å². The van der Waals surface area contributed by atoms with Gasteiger partial charge in [-0.15, -0.1) is 11.8 Å². The van der Waals surface area contributed by atoms with E-state index in [0.29, 0.717) is 11.3 Å². The zero-order chi connectivity index (χ0) is 13.1. The number of hydrogen-bond donors (Lipinski definition) is 1. The zero-order valence-electron chi connectivity index (χ0n) is 9.68. The first kappa shape index (κ1) is 13.0. The predicted molar refractivity (Wildman–Crippen MR) is 65.3 cm³/mol. The largest absolute Gasteiger partial charge is 0.392 e. The third-order valence-corrected chi connectivity index (χ3v) is 3.75. The third kappa shape index (κ3) is 2.88. The summed E-state index contributed by atoms with van der Waals surface area (Å²) in [5.41, 5.74) is 0.501. The highest BCUT2D eigenvalue weighted by molar-refractivity contribution is 7.99. The molecule has 2 rings (SSSR count). The minimum atomic E-state index is -0.638. The molecule has 2 unspecified atom stereocenters. The van der Waals surface area contributed by atoms with Crippen LogP contribution in [-0.4, -0.2) is 23.7 Å². The van der Waals surface area contributed by atoms with E-state index in [4.69, 9.17) is 0 Å². The average molecular weight is 269 g/mol. The van der Waals surface area contributed by atoms with Crippen molar-refractivity contribution in [2.45, 2.75) is 18.3 Å². The maximum Gasteiger partial charge on any atom is 0.331 e. The highest BCUT2D eigenvalue weighted by Crippen LogP contribution is 2.34. The molecule has 0 amide bonds. The van der Waals surface area contributed by atoms with Crippen LogP contribution in [0.2, 0.25) is 0 Å². The molecule has 96 valence electrons. The lowest BCUT2D eigenvalue weighted by atomic mass is 10.2. The predicted octanol–water partition coefficient (Wildman–Crippen LogP) is 1.62. The first-order valence-corrected chi connectivity index (χ1v) is 6.47. The minimum absolute atomic E-state index is 0.296. The van der Waals surface area contributed by atoms with E-state index in [0.717, 1.165) is 0 Å². The van der Waals surface area contributed by atoms with Crippen molar-refractivity contribution in [2.24, 2.45) is 0 Å². The normalized spacial score (nSPS) is 22.8. The highest BCUT2D eigenvalue weighted by Gasteiger charge is 2.33. The van der Waals surface area contributed by atoms with E-state index in [1.54, 1.807) is 18.2 Å². The van der Waals surface area contributed by atoms with Crippen molar-refractivity contribution in [1.29, 1.82) is 0 Å². The minimum Gasteiger partial charge on any atom is -0.392 e. The van der Waals surface area contributed by atoms with Crippen molar-refractivity contribution < 1.29 is 18.7 Å². The molecule has 0 saturated carbocycles. The molecule has 2 atom stereocenters. The molecule has 0 radical (unpaired) electrons. The fourth-order valence-electron chi connectivity index (χ4n) is 1.69. The SMILES string of the molecule is CC(=O)OC(=O)C1CSC(c2ccccc2F)N1. The molecule has 6 heteroatoms. The summed E-state index contributed by atoms with van der Waals surface area (Å²) in [6, 6.07) is 5.81. The number of carbonyl (C=O) groups is 2. The van der Waals surface area contributed by atoms with Gasteiger partial charge in [0.05, 0.1) is 5.37 Å². The molecule has 1 aliphatic heterocycles. The van der Waals surface area contributed by atoms with Crippen LogP contribution in [0.3, 0.4) is 0 Å².